The summed E-state index contributed by atoms with van der Waals surface area (Å²) in [6.07, 6.45) is 0. The topological polar surface area (TPSA) is 4.93 Å². The maximum absolute atomic E-state index is 2.52. The molecule has 0 fully saturated rings. The molecule has 0 saturated heterocycles. The van der Waals surface area contributed by atoms with Gasteiger partial charge in [-0.1, -0.05) is 113 Å². The second-order valence-corrected chi connectivity index (χ2v) is 16.5. The summed E-state index contributed by atoms with van der Waals surface area (Å²) in [4.78, 5) is 0. The van der Waals surface area contributed by atoms with Gasteiger partial charge in [0.05, 0.1) is 11.0 Å². The van der Waals surface area contributed by atoms with Crippen LogP contribution in [0.5, 0.6) is 0 Å². The molecule has 0 atom stereocenters. The molecule has 5 heterocycles. The van der Waals surface area contributed by atoms with Crippen LogP contribution in [-0.4, -0.2) is 11.3 Å². The Kier molecular flexibility index (Phi) is 5.28. The number of fused-ring (bicyclic) bond motifs is 7. The quantitative estimate of drug-likeness (QED) is 0.159. The first-order chi connectivity index (χ1) is 25.8. The molecule has 0 N–H and O–H groups in total. The summed E-state index contributed by atoms with van der Waals surface area (Å²) < 4.78 is 7.90. The number of hydrogen-bond acceptors (Lipinski definition) is 2. The lowest BCUT2D eigenvalue weighted by Gasteiger charge is -2.22. The summed E-state index contributed by atoms with van der Waals surface area (Å²) in [5.74, 6) is 0. The summed E-state index contributed by atoms with van der Waals surface area (Å²) >= 11 is 3.87. The van der Waals surface area contributed by atoms with Crippen molar-refractivity contribution in [3.63, 3.8) is 0 Å². The largest absolute Gasteiger partial charge is 0.309 e. The van der Waals surface area contributed by atoms with Crippen molar-refractivity contribution in [3.8, 4) is 39.1 Å². The Bertz CT molecular complexity index is 3220. The molecule has 0 saturated carbocycles. The van der Waals surface area contributed by atoms with E-state index in [0.717, 1.165) is 0 Å². The molecule has 238 valence electrons. The molecular formula is C48H26BNS2. The average molecular weight is 692 g/mol. The predicted octanol–water partition coefficient (Wildman–Crippen LogP) is 11.7. The molecule has 2 aliphatic rings. The smallest absolute Gasteiger partial charge is 0.244 e. The molecule has 1 nitrogen and oxygen atoms in total. The van der Waals surface area contributed by atoms with Crippen LogP contribution in [0, 0.1) is 0 Å². The van der Waals surface area contributed by atoms with E-state index in [2.05, 4.69) is 162 Å². The number of rotatable bonds is 2. The number of thiophene rings is 2. The van der Waals surface area contributed by atoms with Crippen molar-refractivity contribution in [1.82, 2.24) is 4.57 Å². The first-order valence-corrected chi connectivity index (χ1v) is 19.6. The lowest BCUT2D eigenvalue weighted by molar-refractivity contribution is 1.18. The zero-order valence-electron chi connectivity index (χ0n) is 27.9. The number of para-hydroxylation sites is 2. The van der Waals surface area contributed by atoms with Gasteiger partial charge in [-0.2, -0.15) is 0 Å². The molecule has 2 aliphatic heterocycles. The van der Waals surface area contributed by atoms with Crippen LogP contribution in [0.1, 0.15) is 0 Å². The van der Waals surface area contributed by atoms with E-state index < -0.39 is 0 Å². The van der Waals surface area contributed by atoms with E-state index in [1.165, 1.54) is 118 Å². The third-order valence-electron chi connectivity index (χ3n) is 11.8. The Balaban J connectivity index is 1.20. The number of hydrogen-bond donors (Lipinski definition) is 0. The number of nitrogens with zero attached hydrogens (tertiary/aromatic N) is 1. The van der Waals surface area contributed by atoms with Crippen LogP contribution >= 0.6 is 22.7 Å². The Morgan fingerprint density at radius 3 is 1.60 bits per heavy atom. The van der Waals surface area contributed by atoms with Crippen LogP contribution in [-0.2, 0) is 0 Å². The predicted molar refractivity (Wildman–Crippen MR) is 228 cm³/mol. The van der Waals surface area contributed by atoms with Crippen LogP contribution in [0.15, 0.2) is 158 Å². The van der Waals surface area contributed by atoms with Gasteiger partial charge in [0.15, 0.2) is 0 Å². The lowest BCUT2D eigenvalue weighted by atomic mass is 9.35. The van der Waals surface area contributed by atoms with Crippen LogP contribution in [0.25, 0.3) is 101 Å². The molecule has 0 spiro atoms. The molecule has 0 bridgehead atoms. The molecule has 0 unspecified atom stereocenters. The Labute approximate surface area is 307 Å². The fourth-order valence-electron chi connectivity index (χ4n) is 9.78. The molecule has 0 amide bonds. The summed E-state index contributed by atoms with van der Waals surface area (Å²) in [5, 5.41) is 8.21. The number of aromatic nitrogens is 1. The van der Waals surface area contributed by atoms with Gasteiger partial charge in [0.2, 0.25) is 6.71 Å². The van der Waals surface area contributed by atoms with Crippen molar-refractivity contribution in [2.75, 3.05) is 0 Å². The second kappa shape index (κ2) is 9.89. The summed E-state index contributed by atoms with van der Waals surface area (Å²) in [7, 11) is 0. The SMILES string of the molecule is c1ccc(-n2c3ccccc3c3ccc(-c4cc5c6c(c4)-c4cccc7sc8cccc(c8c47)B6c4cccc6sc7cccc-5c7c46)cc32)cc1. The van der Waals surface area contributed by atoms with Gasteiger partial charge >= 0.3 is 0 Å². The zero-order chi connectivity index (χ0) is 33.7. The summed E-state index contributed by atoms with van der Waals surface area (Å²) in [5.41, 5.74) is 15.8. The van der Waals surface area contributed by atoms with Crippen LogP contribution < -0.4 is 16.4 Å². The summed E-state index contributed by atoms with van der Waals surface area (Å²) in [6, 6.07) is 59.8. The fourth-order valence-corrected chi connectivity index (χ4v) is 12.1. The molecule has 11 aromatic rings. The molecule has 13 rings (SSSR count). The first-order valence-electron chi connectivity index (χ1n) is 18.0. The van der Waals surface area contributed by atoms with E-state index in [1.54, 1.807) is 0 Å². The van der Waals surface area contributed by atoms with Gasteiger partial charge in [0, 0.05) is 46.0 Å². The van der Waals surface area contributed by atoms with E-state index >= 15 is 0 Å². The van der Waals surface area contributed by atoms with Crippen molar-refractivity contribution < 1.29 is 0 Å². The van der Waals surface area contributed by atoms with Crippen molar-refractivity contribution in [2.24, 2.45) is 0 Å². The molecule has 52 heavy (non-hydrogen) atoms. The molecule has 8 aromatic carbocycles. The van der Waals surface area contributed by atoms with Gasteiger partial charge in [-0.3, -0.25) is 0 Å². The molecule has 3 aromatic heterocycles. The van der Waals surface area contributed by atoms with Crippen molar-refractivity contribution >= 4 is 108 Å². The lowest BCUT2D eigenvalue weighted by Crippen LogP contribution is -2.52. The second-order valence-electron chi connectivity index (χ2n) is 14.3. The van der Waals surface area contributed by atoms with Gasteiger partial charge in [-0.25, -0.2) is 0 Å². The Morgan fingerprint density at radius 1 is 0.385 bits per heavy atom. The third kappa shape index (κ3) is 3.44. The standard InChI is InChI=1S/C48H26BNS2/c1-2-10-29(11-3-1)50-38-17-5-4-12-30(38)31-23-22-27(26-39(31)50)28-24-34-32-13-6-18-40-44(32)46-36(15-8-20-42(46)51-40)49-37-16-9-21-43-47(37)45-33(35(25-28)48(34)49)14-7-19-41(45)52-43/h1-26H. The van der Waals surface area contributed by atoms with Crippen molar-refractivity contribution in [3.05, 3.63) is 158 Å². The maximum atomic E-state index is 2.52. The van der Waals surface area contributed by atoms with E-state index in [-0.39, 0.29) is 6.71 Å². The maximum Gasteiger partial charge on any atom is 0.244 e. The minimum atomic E-state index is 0.116. The van der Waals surface area contributed by atoms with Crippen molar-refractivity contribution in [2.45, 2.75) is 0 Å². The highest BCUT2D eigenvalue weighted by Gasteiger charge is 2.37. The third-order valence-corrected chi connectivity index (χ3v) is 14.0. The Morgan fingerprint density at radius 2 is 0.942 bits per heavy atom. The minimum Gasteiger partial charge on any atom is -0.309 e. The first kappa shape index (κ1) is 27.7. The highest BCUT2D eigenvalue weighted by Crippen LogP contribution is 2.47. The van der Waals surface area contributed by atoms with Crippen LogP contribution in [0.2, 0.25) is 0 Å². The highest BCUT2D eigenvalue weighted by molar-refractivity contribution is 7.27. The van der Waals surface area contributed by atoms with Gasteiger partial charge in [-0.15, -0.1) is 22.7 Å². The van der Waals surface area contributed by atoms with Gasteiger partial charge in [0.1, 0.15) is 0 Å². The van der Waals surface area contributed by atoms with Gasteiger partial charge < -0.3 is 4.57 Å². The Hall–Kier alpha value is -5.94. The molecular weight excluding hydrogens is 665 g/mol. The van der Waals surface area contributed by atoms with Crippen LogP contribution in [0.4, 0.5) is 0 Å². The normalized spacial score (nSPS) is 13.0. The van der Waals surface area contributed by atoms with Gasteiger partial charge in [0.25, 0.3) is 0 Å². The van der Waals surface area contributed by atoms with Gasteiger partial charge in [-0.05, 0) is 105 Å². The summed E-state index contributed by atoms with van der Waals surface area (Å²) in [6.45, 7) is 0.116. The monoisotopic (exact) mass is 691 g/mol. The molecule has 0 radical (unpaired) electrons. The number of benzene rings is 8. The van der Waals surface area contributed by atoms with Crippen LogP contribution in [0.3, 0.4) is 0 Å². The van der Waals surface area contributed by atoms with E-state index in [0.29, 0.717) is 0 Å². The van der Waals surface area contributed by atoms with E-state index in [9.17, 15) is 0 Å². The average Bonchev–Trinajstić information content (AvgIpc) is 3.82. The molecule has 4 heteroatoms. The van der Waals surface area contributed by atoms with E-state index in [1.807, 2.05) is 22.7 Å². The minimum absolute atomic E-state index is 0.116. The van der Waals surface area contributed by atoms with Crippen molar-refractivity contribution in [1.29, 1.82) is 0 Å². The fraction of sp³-hybridized carbons (Fsp3) is 0. The highest BCUT2D eigenvalue weighted by atomic mass is 32.1. The zero-order valence-corrected chi connectivity index (χ0v) is 29.5. The van der Waals surface area contributed by atoms with E-state index in [4.69, 9.17) is 0 Å². The molecule has 0 aliphatic carbocycles.